The topological polar surface area (TPSA) is 75.7 Å². The van der Waals surface area contributed by atoms with Gasteiger partial charge in [0.05, 0.1) is 25.5 Å². The van der Waals surface area contributed by atoms with Crippen LogP contribution in [0.4, 0.5) is 5.69 Å². The van der Waals surface area contributed by atoms with Gasteiger partial charge in [0.1, 0.15) is 0 Å². The lowest BCUT2D eigenvalue weighted by atomic mass is 10.1. The highest BCUT2D eigenvalue weighted by Crippen LogP contribution is 2.16. The summed E-state index contributed by atoms with van der Waals surface area (Å²) in [6.07, 6.45) is 0. The molecule has 1 aromatic rings. The number of carbonyl (C=O) groups is 1. The summed E-state index contributed by atoms with van der Waals surface area (Å²) in [6.45, 7) is 4.42. The van der Waals surface area contributed by atoms with Gasteiger partial charge in [0.2, 0.25) is 10.0 Å². The van der Waals surface area contributed by atoms with E-state index in [4.69, 9.17) is 4.74 Å². The second-order valence-electron chi connectivity index (χ2n) is 4.79. The molecule has 0 unspecified atom stereocenters. The Bertz CT molecular complexity index is 577. The average molecular weight is 312 g/mol. The molecule has 21 heavy (non-hydrogen) atoms. The molecular weight excluding hydrogens is 292 g/mol. The van der Waals surface area contributed by atoms with Gasteiger partial charge in [0.15, 0.2) is 5.78 Å². The van der Waals surface area contributed by atoms with Crippen molar-refractivity contribution in [3.05, 3.63) is 29.8 Å². The number of benzene rings is 1. The Morgan fingerprint density at radius 1 is 1.24 bits per heavy atom. The van der Waals surface area contributed by atoms with Crippen LogP contribution in [-0.4, -0.2) is 52.8 Å². The number of Topliss-reactive ketones (excluding diaryl/α,β-unsaturated/α-hetero) is 1. The number of ether oxygens (including phenoxy) is 1. The summed E-state index contributed by atoms with van der Waals surface area (Å²) in [5.41, 5.74) is 1.55. The predicted molar refractivity (Wildman–Crippen MR) is 81.3 cm³/mol. The number of nitrogens with zero attached hydrogens (tertiary/aromatic N) is 1. The first-order valence-electron chi connectivity index (χ1n) is 6.95. The first-order valence-corrected chi connectivity index (χ1v) is 8.60. The van der Waals surface area contributed by atoms with Crippen molar-refractivity contribution in [3.63, 3.8) is 0 Å². The van der Waals surface area contributed by atoms with Crippen LogP contribution in [0.1, 0.15) is 17.3 Å². The first kappa shape index (κ1) is 15.9. The first-order chi connectivity index (χ1) is 10.0. The lowest BCUT2D eigenvalue weighted by Crippen LogP contribution is -2.36. The summed E-state index contributed by atoms with van der Waals surface area (Å²) in [5, 5.41) is 0. The van der Waals surface area contributed by atoms with Gasteiger partial charge in [0, 0.05) is 24.3 Å². The molecule has 0 atom stereocenters. The molecule has 116 valence electrons. The molecule has 1 heterocycles. The van der Waals surface area contributed by atoms with E-state index in [1.165, 1.54) is 6.92 Å². The van der Waals surface area contributed by atoms with E-state index in [2.05, 4.69) is 9.62 Å². The minimum atomic E-state index is -3.34. The van der Waals surface area contributed by atoms with Crippen LogP contribution in [0.5, 0.6) is 0 Å². The third kappa shape index (κ3) is 4.52. The van der Waals surface area contributed by atoms with Crippen molar-refractivity contribution >= 4 is 21.5 Å². The second kappa shape index (κ2) is 7.02. The van der Waals surface area contributed by atoms with Crippen molar-refractivity contribution < 1.29 is 17.9 Å². The molecule has 0 aliphatic carbocycles. The molecular formula is C14H20N2O4S. The van der Waals surface area contributed by atoms with E-state index in [1.54, 1.807) is 12.1 Å². The molecule has 0 aromatic heterocycles. The van der Waals surface area contributed by atoms with E-state index in [1.807, 2.05) is 12.1 Å². The average Bonchev–Trinajstić information content (AvgIpc) is 2.54. The van der Waals surface area contributed by atoms with Crippen molar-refractivity contribution in [2.45, 2.75) is 6.92 Å². The Balaban J connectivity index is 1.96. The molecule has 2 rings (SSSR count). The number of sulfonamides is 1. The maximum absolute atomic E-state index is 11.9. The van der Waals surface area contributed by atoms with Gasteiger partial charge >= 0.3 is 0 Å². The van der Waals surface area contributed by atoms with Crippen LogP contribution in [0, 0.1) is 0 Å². The van der Waals surface area contributed by atoms with Gasteiger partial charge in [-0.05, 0) is 31.2 Å². The zero-order valence-corrected chi connectivity index (χ0v) is 12.9. The number of hydrogen-bond acceptors (Lipinski definition) is 5. The van der Waals surface area contributed by atoms with Gasteiger partial charge in [-0.25, -0.2) is 13.1 Å². The van der Waals surface area contributed by atoms with Crippen LogP contribution in [0.15, 0.2) is 24.3 Å². The largest absolute Gasteiger partial charge is 0.378 e. The molecule has 7 heteroatoms. The van der Waals surface area contributed by atoms with Crippen molar-refractivity contribution in [1.82, 2.24) is 4.72 Å². The minimum absolute atomic E-state index is 0.0315. The Morgan fingerprint density at radius 2 is 1.86 bits per heavy atom. The quantitative estimate of drug-likeness (QED) is 0.780. The molecule has 0 radical (unpaired) electrons. The maximum atomic E-state index is 11.9. The number of morpholine rings is 1. The molecule has 0 saturated carbocycles. The number of ketones is 1. The van der Waals surface area contributed by atoms with Crippen LogP contribution < -0.4 is 9.62 Å². The number of carbonyl (C=O) groups excluding carboxylic acids is 1. The fraction of sp³-hybridized carbons (Fsp3) is 0.500. The van der Waals surface area contributed by atoms with Gasteiger partial charge in [-0.1, -0.05) is 0 Å². The van der Waals surface area contributed by atoms with Gasteiger partial charge in [-0.2, -0.15) is 0 Å². The summed E-state index contributed by atoms with van der Waals surface area (Å²) in [6, 6.07) is 7.22. The Hall–Kier alpha value is -1.44. The molecule has 0 amide bonds. The molecule has 6 nitrogen and oxygen atoms in total. The summed E-state index contributed by atoms with van der Waals surface area (Å²) < 4.78 is 30.2. The standard InChI is InChI=1S/C14H20N2O4S/c1-2-21(18,19)15-11-14(17)12-3-5-13(6-4-12)16-7-9-20-10-8-16/h3-6,15H,2,7-11H2,1H3. The van der Waals surface area contributed by atoms with Crippen LogP contribution in [-0.2, 0) is 14.8 Å². The fourth-order valence-corrected chi connectivity index (χ4v) is 2.61. The van der Waals surface area contributed by atoms with Gasteiger partial charge in [-0.3, -0.25) is 4.79 Å². The smallest absolute Gasteiger partial charge is 0.211 e. The number of rotatable bonds is 6. The minimum Gasteiger partial charge on any atom is -0.378 e. The summed E-state index contributed by atoms with van der Waals surface area (Å²) in [7, 11) is -3.34. The molecule has 1 N–H and O–H groups in total. The van der Waals surface area contributed by atoms with Gasteiger partial charge < -0.3 is 9.64 Å². The van der Waals surface area contributed by atoms with E-state index in [-0.39, 0.29) is 18.1 Å². The highest BCUT2D eigenvalue weighted by molar-refractivity contribution is 7.89. The monoisotopic (exact) mass is 312 g/mol. The highest BCUT2D eigenvalue weighted by atomic mass is 32.2. The molecule has 1 fully saturated rings. The molecule has 0 spiro atoms. The van der Waals surface area contributed by atoms with Gasteiger partial charge in [0.25, 0.3) is 0 Å². The number of anilines is 1. The SMILES string of the molecule is CCS(=O)(=O)NCC(=O)c1ccc(N2CCOCC2)cc1. The zero-order chi connectivity index (χ0) is 15.3. The van der Waals surface area contributed by atoms with Crippen LogP contribution in [0.3, 0.4) is 0 Å². The third-order valence-electron chi connectivity index (χ3n) is 3.40. The molecule has 0 bridgehead atoms. The van der Waals surface area contributed by atoms with Crippen molar-refractivity contribution in [2.24, 2.45) is 0 Å². The van der Waals surface area contributed by atoms with Crippen molar-refractivity contribution in [2.75, 3.05) is 43.5 Å². The van der Waals surface area contributed by atoms with Crippen LogP contribution in [0.25, 0.3) is 0 Å². The second-order valence-corrected chi connectivity index (χ2v) is 6.89. The van der Waals surface area contributed by atoms with E-state index in [0.717, 1.165) is 18.8 Å². The van der Waals surface area contributed by atoms with Gasteiger partial charge in [-0.15, -0.1) is 0 Å². The molecule has 1 aromatic carbocycles. The van der Waals surface area contributed by atoms with E-state index in [9.17, 15) is 13.2 Å². The van der Waals surface area contributed by atoms with E-state index in [0.29, 0.717) is 18.8 Å². The number of nitrogens with one attached hydrogen (secondary N) is 1. The Morgan fingerprint density at radius 3 is 2.43 bits per heavy atom. The molecule has 1 aliphatic heterocycles. The fourth-order valence-electron chi connectivity index (χ4n) is 2.06. The van der Waals surface area contributed by atoms with Crippen molar-refractivity contribution in [1.29, 1.82) is 0 Å². The van der Waals surface area contributed by atoms with Crippen LogP contribution in [0.2, 0.25) is 0 Å². The summed E-state index contributed by atoms with van der Waals surface area (Å²) >= 11 is 0. The van der Waals surface area contributed by atoms with Crippen molar-refractivity contribution in [3.8, 4) is 0 Å². The lowest BCUT2D eigenvalue weighted by molar-refractivity contribution is 0.0997. The lowest BCUT2D eigenvalue weighted by Gasteiger charge is -2.28. The van der Waals surface area contributed by atoms with E-state index < -0.39 is 10.0 Å². The predicted octanol–water partition coefficient (Wildman–Crippen LogP) is 0.645. The summed E-state index contributed by atoms with van der Waals surface area (Å²) in [5.74, 6) is -0.267. The number of hydrogen-bond donors (Lipinski definition) is 1. The molecule has 1 saturated heterocycles. The van der Waals surface area contributed by atoms with E-state index >= 15 is 0 Å². The third-order valence-corrected chi connectivity index (χ3v) is 4.74. The zero-order valence-electron chi connectivity index (χ0n) is 12.0. The normalized spacial score (nSPS) is 16.0. The highest BCUT2D eigenvalue weighted by Gasteiger charge is 2.14. The Kier molecular flexibility index (Phi) is 5.33. The molecule has 1 aliphatic rings. The summed E-state index contributed by atoms with van der Waals surface area (Å²) in [4.78, 5) is 14.1. The Labute approximate surface area is 125 Å². The van der Waals surface area contributed by atoms with Crippen LogP contribution >= 0.6 is 0 Å². The maximum Gasteiger partial charge on any atom is 0.211 e.